The second-order valence-electron chi connectivity index (χ2n) is 7.67. The van der Waals surface area contributed by atoms with Crippen LogP contribution >= 0.6 is 11.6 Å². The zero-order chi connectivity index (χ0) is 22.4. The van der Waals surface area contributed by atoms with Crippen LogP contribution in [0.2, 0.25) is 5.02 Å². The zero-order valence-corrected chi connectivity index (χ0v) is 18.7. The molecule has 1 aromatic heterocycles. The molecule has 0 atom stereocenters. The fraction of sp³-hybridized carbons (Fsp3) is 0.292. The highest BCUT2D eigenvalue weighted by atomic mass is 35.5. The fourth-order valence-corrected chi connectivity index (χ4v) is 3.57. The van der Waals surface area contributed by atoms with Crippen LogP contribution in [-0.2, 0) is 11.3 Å². The van der Waals surface area contributed by atoms with E-state index in [4.69, 9.17) is 11.6 Å². The minimum absolute atomic E-state index is 0.0151. The van der Waals surface area contributed by atoms with Crippen LogP contribution in [0.5, 0.6) is 0 Å². The number of aromatic nitrogens is 2. The number of carbonyl (C=O) groups is 2. The molecule has 0 unspecified atom stereocenters. The quantitative estimate of drug-likeness (QED) is 0.499. The Bertz CT molecular complexity index is 1070. The normalized spacial score (nSPS) is 10.9. The van der Waals surface area contributed by atoms with E-state index in [0.717, 1.165) is 29.1 Å². The van der Waals surface area contributed by atoms with Gasteiger partial charge in [-0.1, -0.05) is 50.6 Å². The predicted octanol–water partition coefficient (Wildman–Crippen LogP) is 5.32. The van der Waals surface area contributed by atoms with Crippen LogP contribution in [-0.4, -0.2) is 21.6 Å². The molecule has 0 aliphatic rings. The molecule has 31 heavy (non-hydrogen) atoms. The van der Waals surface area contributed by atoms with E-state index in [0.29, 0.717) is 23.6 Å². The Kier molecular flexibility index (Phi) is 7.47. The Morgan fingerprint density at radius 3 is 2.61 bits per heavy atom. The van der Waals surface area contributed by atoms with Crippen LogP contribution in [0.15, 0.2) is 54.7 Å². The van der Waals surface area contributed by atoms with E-state index in [2.05, 4.69) is 15.7 Å². The number of nitrogens with zero attached hydrogens (tertiary/aromatic N) is 2. The Morgan fingerprint density at radius 1 is 1.13 bits per heavy atom. The summed E-state index contributed by atoms with van der Waals surface area (Å²) in [5, 5.41) is 10.9. The van der Waals surface area contributed by atoms with Crippen molar-refractivity contribution < 1.29 is 9.59 Å². The molecule has 0 saturated heterocycles. The summed E-state index contributed by atoms with van der Waals surface area (Å²) < 4.78 is 1.76. The average Bonchev–Trinajstić information content (AvgIpc) is 3.18. The number of hydrogen-bond donors (Lipinski definition) is 2. The maximum atomic E-state index is 12.9. The highest BCUT2D eigenvalue weighted by Crippen LogP contribution is 2.24. The summed E-state index contributed by atoms with van der Waals surface area (Å²) in [5.41, 5.74) is 3.78. The third kappa shape index (κ3) is 5.73. The van der Waals surface area contributed by atoms with Gasteiger partial charge in [-0.25, -0.2) is 4.68 Å². The number of amides is 2. The van der Waals surface area contributed by atoms with E-state index in [-0.39, 0.29) is 17.7 Å². The van der Waals surface area contributed by atoms with E-state index in [9.17, 15) is 9.59 Å². The largest absolute Gasteiger partial charge is 0.348 e. The van der Waals surface area contributed by atoms with Crippen LogP contribution in [0.1, 0.15) is 61.1 Å². The van der Waals surface area contributed by atoms with Gasteiger partial charge in [0.1, 0.15) is 0 Å². The minimum Gasteiger partial charge on any atom is -0.348 e. The van der Waals surface area contributed by atoms with E-state index in [1.54, 1.807) is 16.9 Å². The van der Waals surface area contributed by atoms with Crippen molar-refractivity contribution >= 4 is 29.1 Å². The molecule has 1 heterocycles. The summed E-state index contributed by atoms with van der Waals surface area (Å²) in [5.74, 6) is -0.129. The van der Waals surface area contributed by atoms with E-state index >= 15 is 0 Å². The molecule has 0 spiro atoms. The highest BCUT2D eigenvalue weighted by Gasteiger charge is 2.21. The number of nitrogens with one attached hydrogen (secondary N) is 2. The number of halogens is 1. The van der Waals surface area contributed by atoms with Crippen molar-refractivity contribution in [3.8, 4) is 5.69 Å². The first kappa shape index (κ1) is 22.6. The van der Waals surface area contributed by atoms with Crippen LogP contribution in [0, 0.1) is 0 Å². The summed E-state index contributed by atoms with van der Waals surface area (Å²) in [6, 6.07) is 14.9. The van der Waals surface area contributed by atoms with Crippen molar-refractivity contribution in [1.29, 1.82) is 0 Å². The molecule has 0 aliphatic carbocycles. The number of carbonyl (C=O) groups excluding carboxylic acids is 2. The summed E-state index contributed by atoms with van der Waals surface area (Å²) in [7, 11) is 0. The molecule has 3 aromatic rings. The molecule has 0 radical (unpaired) electrons. The van der Waals surface area contributed by atoms with Gasteiger partial charge in [0, 0.05) is 23.7 Å². The number of hydrogen-bond acceptors (Lipinski definition) is 3. The Labute approximate surface area is 187 Å². The molecule has 0 fully saturated rings. The monoisotopic (exact) mass is 438 g/mol. The first-order valence-corrected chi connectivity index (χ1v) is 10.8. The molecular formula is C24H27ClN4O2. The van der Waals surface area contributed by atoms with E-state index in [1.165, 1.54) is 0 Å². The van der Waals surface area contributed by atoms with Crippen molar-refractivity contribution in [3.63, 3.8) is 0 Å². The van der Waals surface area contributed by atoms with Gasteiger partial charge in [0.05, 0.1) is 23.1 Å². The topological polar surface area (TPSA) is 76.0 Å². The van der Waals surface area contributed by atoms with Gasteiger partial charge < -0.3 is 10.6 Å². The molecule has 3 rings (SSSR count). The Morgan fingerprint density at radius 2 is 1.90 bits per heavy atom. The predicted molar refractivity (Wildman–Crippen MR) is 124 cm³/mol. The van der Waals surface area contributed by atoms with Crippen LogP contribution in [0.3, 0.4) is 0 Å². The zero-order valence-electron chi connectivity index (χ0n) is 18.0. The lowest BCUT2D eigenvalue weighted by Gasteiger charge is -2.13. The van der Waals surface area contributed by atoms with Gasteiger partial charge >= 0.3 is 0 Å². The number of rotatable bonds is 8. The lowest BCUT2D eigenvalue weighted by atomic mass is 10.0. The van der Waals surface area contributed by atoms with Crippen LogP contribution in [0.4, 0.5) is 5.69 Å². The van der Waals surface area contributed by atoms with E-state index < -0.39 is 0 Å². The van der Waals surface area contributed by atoms with Gasteiger partial charge in [0.25, 0.3) is 5.91 Å². The molecule has 2 N–H and O–H groups in total. The highest BCUT2D eigenvalue weighted by molar-refractivity contribution is 6.30. The summed E-state index contributed by atoms with van der Waals surface area (Å²) >= 11 is 6.13. The number of benzene rings is 2. The van der Waals surface area contributed by atoms with Crippen LogP contribution in [0.25, 0.3) is 5.69 Å². The van der Waals surface area contributed by atoms with Crippen LogP contribution < -0.4 is 10.6 Å². The molecule has 0 aliphatic heterocycles. The molecule has 7 heteroatoms. The molecule has 2 aromatic carbocycles. The smallest absolute Gasteiger partial charge is 0.255 e. The first-order chi connectivity index (χ1) is 14.9. The Hall–Kier alpha value is -3.12. The van der Waals surface area contributed by atoms with Gasteiger partial charge in [-0.15, -0.1) is 0 Å². The lowest BCUT2D eigenvalue weighted by molar-refractivity contribution is -0.116. The molecular weight excluding hydrogens is 412 g/mol. The lowest BCUT2D eigenvalue weighted by Crippen LogP contribution is -2.24. The molecule has 6 nitrogen and oxygen atoms in total. The minimum atomic E-state index is -0.197. The van der Waals surface area contributed by atoms with Gasteiger partial charge in [-0.3, -0.25) is 9.59 Å². The van der Waals surface area contributed by atoms with Crippen molar-refractivity contribution in [2.24, 2.45) is 0 Å². The van der Waals surface area contributed by atoms with Crippen molar-refractivity contribution in [1.82, 2.24) is 15.1 Å². The Balaban J connectivity index is 1.75. The molecule has 0 saturated carbocycles. The second-order valence-corrected chi connectivity index (χ2v) is 8.11. The standard InChI is InChI=1S/C24H27ClN4O2/c1-4-7-22(30)28-19-10-5-8-17(12-19)14-26-24(31)21-15-27-29(23(21)16(2)3)20-11-6-9-18(25)13-20/h5-6,8-13,15-16H,4,7,14H2,1-3H3,(H,26,31)(H,28,30). The molecule has 2 amide bonds. The maximum Gasteiger partial charge on any atom is 0.255 e. The van der Waals surface area contributed by atoms with Gasteiger partial charge in [-0.2, -0.15) is 5.10 Å². The van der Waals surface area contributed by atoms with Crippen molar-refractivity contribution in [3.05, 3.63) is 76.6 Å². The van der Waals surface area contributed by atoms with Crippen molar-refractivity contribution in [2.45, 2.75) is 46.1 Å². The summed E-state index contributed by atoms with van der Waals surface area (Å²) in [6.07, 6.45) is 2.87. The summed E-state index contributed by atoms with van der Waals surface area (Å²) in [4.78, 5) is 24.8. The second kappa shape index (κ2) is 10.3. The fourth-order valence-electron chi connectivity index (χ4n) is 3.39. The summed E-state index contributed by atoms with van der Waals surface area (Å²) in [6.45, 7) is 6.36. The van der Waals surface area contributed by atoms with Gasteiger partial charge in [0.15, 0.2) is 0 Å². The number of anilines is 1. The molecule has 162 valence electrons. The third-order valence-corrected chi connectivity index (χ3v) is 5.03. The average molecular weight is 439 g/mol. The maximum absolute atomic E-state index is 12.9. The van der Waals surface area contributed by atoms with Gasteiger partial charge in [0.2, 0.25) is 5.91 Å². The van der Waals surface area contributed by atoms with Gasteiger partial charge in [-0.05, 0) is 48.2 Å². The van der Waals surface area contributed by atoms with E-state index in [1.807, 2.05) is 63.2 Å². The SMILES string of the molecule is CCCC(=O)Nc1cccc(CNC(=O)c2cnn(-c3cccc(Cl)c3)c2C(C)C)c1. The van der Waals surface area contributed by atoms with Crippen molar-refractivity contribution in [2.75, 3.05) is 5.32 Å². The third-order valence-electron chi connectivity index (χ3n) is 4.79. The first-order valence-electron chi connectivity index (χ1n) is 10.4. The molecule has 0 bridgehead atoms.